The van der Waals surface area contributed by atoms with E-state index in [0.717, 1.165) is 22.7 Å². The molecule has 1 aromatic heterocycles. The Morgan fingerprint density at radius 1 is 1.26 bits per heavy atom. The van der Waals surface area contributed by atoms with Crippen LogP contribution in [0.25, 0.3) is 11.3 Å². The van der Waals surface area contributed by atoms with E-state index in [1.54, 1.807) is 4.90 Å². The van der Waals surface area contributed by atoms with Crippen molar-refractivity contribution in [2.45, 2.75) is 45.6 Å². The number of hydrogen-bond donors (Lipinski definition) is 0. The van der Waals surface area contributed by atoms with E-state index in [4.69, 9.17) is 4.74 Å². The first-order valence-electron chi connectivity index (χ1n) is 9.29. The summed E-state index contributed by atoms with van der Waals surface area (Å²) in [5.41, 5.74) is 1.49. The van der Waals surface area contributed by atoms with Crippen LogP contribution in [-0.4, -0.2) is 40.5 Å². The first-order chi connectivity index (χ1) is 12.8. The Balaban J connectivity index is 1.49. The van der Waals surface area contributed by atoms with Gasteiger partial charge in [0, 0.05) is 30.5 Å². The summed E-state index contributed by atoms with van der Waals surface area (Å²) in [4.78, 5) is 30.9. The van der Waals surface area contributed by atoms with Gasteiger partial charge < -0.3 is 9.64 Å². The first kappa shape index (κ1) is 19.5. The summed E-state index contributed by atoms with van der Waals surface area (Å²) in [5.74, 6) is 0.388. The summed E-state index contributed by atoms with van der Waals surface area (Å²) in [6.45, 7) is 6.83. The average Bonchev–Trinajstić information content (AvgIpc) is 3.24. The molecule has 0 unspecified atom stereocenters. The molecule has 1 saturated heterocycles. The van der Waals surface area contributed by atoms with Crippen LogP contribution in [0.2, 0.25) is 0 Å². The monoisotopic (exact) mass is 386 g/mol. The molecule has 0 N–H and O–H groups in total. The number of likely N-dealkylation sites (tertiary alicyclic amines) is 1. The summed E-state index contributed by atoms with van der Waals surface area (Å²) in [6, 6.07) is 9.98. The van der Waals surface area contributed by atoms with Gasteiger partial charge >= 0.3 is 6.09 Å². The van der Waals surface area contributed by atoms with Crippen molar-refractivity contribution in [1.82, 2.24) is 9.88 Å². The minimum atomic E-state index is -0.494. The molecule has 0 aliphatic carbocycles. The summed E-state index contributed by atoms with van der Waals surface area (Å²) < 4.78 is 5.41. The maximum absolute atomic E-state index is 12.5. The van der Waals surface area contributed by atoms with E-state index in [0.29, 0.717) is 25.9 Å². The Morgan fingerprint density at radius 2 is 2.00 bits per heavy atom. The number of rotatable bonds is 5. The molecule has 1 aliphatic heterocycles. The Labute approximate surface area is 164 Å². The number of Topliss-reactive ketones (excluding diaryl/α,β-unsaturated/α-hetero) is 1. The Hall–Kier alpha value is -2.21. The smallest absolute Gasteiger partial charge is 0.410 e. The second-order valence-corrected chi connectivity index (χ2v) is 8.94. The molecule has 0 saturated carbocycles. The van der Waals surface area contributed by atoms with Crippen molar-refractivity contribution in [2.75, 3.05) is 13.1 Å². The number of thiazole rings is 1. The van der Waals surface area contributed by atoms with E-state index >= 15 is 0 Å². The van der Waals surface area contributed by atoms with Gasteiger partial charge in [0.1, 0.15) is 16.4 Å². The SMILES string of the molecule is CC(C)(C)OC(=O)N1CC[C@@H](CC(=O)Cc2nc(-c3ccccc3)cs2)C1. The third kappa shape index (κ3) is 5.63. The van der Waals surface area contributed by atoms with Crippen LogP contribution in [0.1, 0.15) is 38.6 Å². The van der Waals surface area contributed by atoms with E-state index in [9.17, 15) is 9.59 Å². The van der Waals surface area contributed by atoms with Crippen LogP contribution in [0.4, 0.5) is 4.79 Å². The van der Waals surface area contributed by atoms with Gasteiger partial charge in [-0.1, -0.05) is 30.3 Å². The zero-order chi connectivity index (χ0) is 19.4. The topological polar surface area (TPSA) is 59.5 Å². The molecule has 144 valence electrons. The van der Waals surface area contributed by atoms with Crippen molar-refractivity contribution in [2.24, 2.45) is 5.92 Å². The molecular weight excluding hydrogens is 360 g/mol. The van der Waals surface area contributed by atoms with Gasteiger partial charge in [0.15, 0.2) is 0 Å². The van der Waals surface area contributed by atoms with E-state index < -0.39 is 5.60 Å². The van der Waals surface area contributed by atoms with Gasteiger partial charge in [0.05, 0.1) is 12.1 Å². The van der Waals surface area contributed by atoms with Crippen molar-refractivity contribution in [3.8, 4) is 11.3 Å². The molecule has 0 radical (unpaired) electrons. The minimum absolute atomic E-state index is 0.181. The maximum atomic E-state index is 12.5. The highest BCUT2D eigenvalue weighted by atomic mass is 32.1. The molecule has 1 amide bonds. The van der Waals surface area contributed by atoms with Crippen LogP contribution in [0.5, 0.6) is 0 Å². The zero-order valence-corrected chi connectivity index (χ0v) is 16.9. The van der Waals surface area contributed by atoms with Crippen LogP contribution in [-0.2, 0) is 16.0 Å². The van der Waals surface area contributed by atoms with Crippen molar-refractivity contribution in [3.63, 3.8) is 0 Å². The van der Waals surface area contributed by atoms with Crippen LogP contribution in [0.3, 0.4) is 0 Å². The van der Waals surface area contributed by atoms with Crippen LogP contribution in [0.15, 0.2) is 35.7 Å². The number of hydrogen-bond acceptors (Lipinski definition) is 5. The van der Waals surface area contributed by atoms with Crippen LogP contribution < -0.4 is 0 Å². The van der Waals surface area contributed by atoms with Gasteiger partial charge in [-0.3, -0.25) is 4.79 Å². The molecular formula is C21H26N2O3S. The van der Waals surface area contributed by atoms with Gasteiger partial charge in [-0.2, -0.15) is 0 Å². The lowest BCUT2D eigenvalue weighted by Gasteiger charge is -2.24. The standard InChI is InChI=1S/C21H26N2O3S/c1-21(2,3)26-20(25)23-10-9-15(13-23)11-17(24)12-19-22-18(14-27-19)16-7-5-4-6-8-16/h4-8,14-15H,9-13H2,1-3H3/t15-/m0/s1. The molecule has 2 aromatic rings. The van der Waals surface area contributed by atoms with Gasteiger partial charge in [0.2, 0.25) is 0 Å². The number of carbonyl (C=O) groups is 2. The van der Waals surface area contributed by atoms with E-state index in [1.165, 1.54) is 11.3 Å². The number of aromatic nitrogens is 1. The molecule has 1 aliphatic rings. The number of ketones is 1. The van der Waals surface area contributed by atoms with Crippen molar-refractivity contribution in [1.29, 1.82) is 0 Å². The quantitative estimate of drug-likeness (QED) is 0.755. The molecule has 0 bridgehead atoms. The van der Waals surface area contributed by atoms with Gasteiger partial charge in [-0.15, -0.1) is 11.3 Å². The largest absolute Gasteiger partial charge is 0.444 e. The van der Waals surface area contributed by atoms with Gasteiger partial charge in [0.25, 0.3) is 0 Å². The Bertz CT molecular complexity index is 795. The van der Waals surface area contributed by atoms with Crippen LogP contribution in [0, 0.1) is 5.92 Å². The lowest BCUT2D eigenvalue weighted by Crippen LogP contribution is -2.35. The lowest BCUT2D eigenvalue weighted by molar-refractivity contribution is -0.119. The van der Waals surface area contributed by atoms with Gasteiger partial charge in [-0.05, 0) is 33.1 Å². The summed E-state index contributed by atoms with van der Waals surface area (Å²) in [6.07, 6.45) is 1.41. The highest BCUT2D eigenvalue weighted by molar-refractivity contribution is 7.10. The number of nitrogens with zero attached hydrogens (tertiary/aromatic N) is 2. The molecule has 27 heavy (non-hydrogen) atoms. The molecule has 0 spiro atoms. The highest BCUT2D eigenvalue weighted by Crippen LogP contribution is 2.25. The number of ether oxygens (including phenoxy) is 1. The van der Waals surface area contributed by atoms with Gasteiger partial charge in [-0.25, -0.2) is 9.78 Å². The Kier molecular flexibility index (Phi) is 5.95. The number of amides is 1. The fourth-order valence-electron chi connectivity index (χ4n) is 3.19. The second-order valence-electron chi connectivity index (χ2n) is 7.99. The lowest BCUT2D eigenvalue weighted by atomic mass is 10.0. The molecule has 1 aromatic carbocycles. The predicted molar refractivity (Wildman–Crippen MR) is 107 cm³/mol. The third-order valence-corrected chi connectivity index (χ3v) is 5.27. The van der Waals surface area contributed by atoms with Crippen molar-refractivity contribution in [3.05, 3.63) is 40.7 Å². The summed E-state index contributed by atoms with van der Waals surface area (Å²) >= 11 is 1.53. The fourth-order valence-corrected chi connectivity index (χ4v) is 4.02. The number of benzene rings is 1. The Morgan fingerprint density at radius 3 is 2.70 bits per heavy atom. The highest BCUT2D eigenvalue weighted by Gasteiger charge is 2.30. The molecule has 1 fully saturated rings. The summed E-state index contributed by atoms with van der Waals surface area (Å²) in [5, 5.41) is 2.85. The van der Waals surface area contributed by atoms with Crippen LogP contribution >= 0.6 is 11.3 Å². The maximum Gasteiger partial charge on any atom is 0.410 e. The number of carbonyl (C=O) groups excluding carboxylic acids is 2. The molecule has 2 heterocycles. The normalized spacial score (nSPS) is 17.1. The van der Waals surface area contributed by atoms with Crippen molar-refractivity contribution < 1.29 is 14.3 Å². The minimum Gasteiger partial charge on any atom is -0.444 e. The van der Waals surface area contributed by atoms with E-state index in [1.807, 2.05) is 56.5 Å². The fraction of sp³-hybridized carbons (Fsp3) is 0.476. The zero-order valence-electron chi connectivity index (χ0n) is 16.1. The van der Waals surface area contributed by atoms with E-state index in [-0.39, 0.29) is 17.8 Å². The first-order valence-corrected chi connectivity index (χ1v) is 10.2. The average molecular weight is 387 g/mol. The molecule has 3 rings (SSSR count). The van der Waals surface area contributed by atoms with Crippen molar-refractivity contribution >= 4 is 23.2 Å². The molecule has 6 heteroatoms. The molecule has 5 nitrogen and oxygen atoms in total. The summed E-state index contributed by atoms with van der Waals surface area (Å²) in [7, 11) is 0. The predicted octanol–water partition coefficient (Wildman–Crippen LogP) is 4.57. The second kappa shape index (κ2) is 8.21. The van der Waals surface area contributed by atoms with E-state index in [2.05, 4.69) is 4.98 Å². The third-order valence-electron chi connectivity index (χ3n) is 4.42. The molecule has 1 atom stereocenters.